The number of hydrogen-bond acceptors (Lipinski definition) is 6. The second-order valence-electron chi connectivity index (χ2n) is 8.38. The van der Waals surface area contributed by atoms with Gasteiger partial charge in [0.15, 0.2) is 6.73 Å². The first-order chi connectivity index (χ1) is 13.9. The van der Waals surface area contributed by atoms with Crippen LogP contribution in [0, 0.1) is 0 Å². The monoisotopic (exact) mass is 417 g/mol. The summed E-state index contributed by atoms with van der Waals surface area (Å²) in [5.41, 5.74) is 2.97. The number of ether oxygens (including phenoxy) is 1. The van der Waals surface area contributed by atoms with E-state index < -0.39 is 0 Å². The average Bonchev–Trinajstić information content (AvgIpc) is 3.19. The van der Waals surface area contributed by atoms with Gasteiger partial charge in [0.1, 0.15) is 11.4 Å². The van der Waals surface area contributed by atoms with Crippen molar-refractivity contribution in [3.63, 3.8) is 0 Å². The van der Waals surface area contributed by atoms with Crippen LogP contribution >= 0.6 is 0 Å². The summed E-state index contributed by atoms with van der Waals surface area (Å²) < 4.78 is 7.44. The molecule has 1 aliphatic carbocycles. The summed E-state index contributed by atoms with van der Waals surface area (Å²) in [4.78, 5) is 4.85. The van der Waals surface area contributed by atoms with Crippen LogP contribution in [0.25, 0.3) is 0 Å². The summed E-state index contributed by atoms with van der Waals surface area (Å²) in [5.74, 6) is 0.795. The number of hydrogen-bond donors (Lipinski definition) is 1. The molecule has 1 N–H and O–H groups in total. The molecule has 2 aromatic rings. The maximum atomic E-state index is 9.05. The molecule has 1 atom stereocenters. The van der Waals surface area contributed by atoms with E-state index in [4.69, 9.17) is 9.84 Å². The van der Waals surface area contributed by atoms with Crippen molar-refractivity contribution in [3.05, 3.63) is 30.1 Å². The number of nitrogens with zero attached hydrogens (tertiary/aromatic N) is 5. The Bertz CT molecular complexity index is 782. The number of aromatic nitrogens is 3. The van der Waals surface area contributed by atoms with Crippen molar-refractivity contribution in [3.8, 4) is 5.75 Å². The topological polar surface area (TPSA) is 66.6 Å². The van der Waals surface area contributed by atoms with Gasteiger partial charge in [-0.05, 0) is 46.8 Å². The molecule has 1 aromatic heterocycles. The molecule has 0 saturated heterocycles. The Morgan fingerprint density at radius 3 is 2.13 bits per heavy atom. The molecular weight excluding hydrogens is 378 g/mol. The summed E-state index contributed by atoms with van der Waals surface area (Å²) >= 11 is 0. The van der Waals surface area contributed by atoms with Gasteiger partial charge in [0.05, 0.1) is 30.3 Å². The van der Waals surface area contributed by atoms with Crippen molar-refractivity contribution in [2.75, 3.05) is 9.80 Å². The van der Waals surface area contributed by atoms with Crippen LogP contribution in [0.2, 0.25) is 0 Å². The fraction of sp³-hybridized carbons (Fsp3) is 0.652. The fourth-order valence-electron chi connectivity index (χ4n) is 3.84. The summed E-state index contributed by atoms with van der Waals surface area (Å²) in [6.07, 6.45) is 7.99. The van der Waals surface area contributed by atoms with E-state index in [2.05, 4.69) is 66.9 Å². The van der Waals surface area contributed by atoms with Crippen LogP contribution in [0.1, 0.15) is 73.4 Å². The van der Waals surface area contributed by atoms with Gasteiger partial charge in [-0.25, -0.2) is 4.68 Å². The molecule has 4 rings (SSSR count). The smallest absolute Gasteiger partial charge is 0.182 e. The molecule has 0 radical (unpaired) electrons. The van der Waals surface area contributed by atoms with Gasteiger partial charge >= 0.3 is 0 Å². The Morgan fingerprint density at radius 1 is 1.03 bits per heavy atom. The number of aliphatic hydroxyl groups excluding tert-OH is 1. The van der Waals surface area contributed by atoms with E-state index in [9.17, 15) is 0 Å². The van der Waals surface area contributed by atoms with Crippen LogP contribution in [0.3, 0.4) is 0 Å². The molecule has 30 heavy (non-hydrogen) atoms. The third kappa shape index (κ3) is 5.25. The second-order valence-corrected chi connectivity index (χ2v) is 8.38. The van der Waals surface area contributed by atoms with Gasteiger partial charge in [0, 0.05) is 18.2 Å². The summed E-state index contributed by atoms with van der Waals surface area (Å²) in [7, 11) is 0. The molecule has 0 amide bonds. The fourth-order valence-corrected chi connectivity index (χ4v) is 3.84. The van der Waals surface area contributed by atoms with Crippen LogP contribution in [0.4, 0.5) is 11.4 Å². The molecule has 1 aliphatic heterocycles. The van der Waals surface area contributed by atoms with Gasteiger partial charge in [-0.3, -0.25) is 0 Å². The van der Waals surface area contributed by atoms with Gasteiger partial charge in [0.2, 0.25) is 0 Å². The Morgan fingerprint density at radius 2 is 1.63 bits per heavy atom. The maximum Gasteiger partial charge on any atom is 0.182 e. The molecule has 0 spiro atoms. The van der Waals surface area contributed by atoms with Crippen molar-refractivity contribution >= 4 is 11.4 Å². The Hall–Kier alpha value is -2.28. The quantitative estimate of drug-likeness (QED) is 0.729. The number of aliphatic hydroxyl groups is 1. The SMILES string of the molecule is C.C1CCC1.CC(C)N1c2ccc(OCn3cc(CO)nn3)cc2N(C(C)C)C1C. The zero-order valence-corrected chi connectivity index (χ0v) is 18.4. The van der Waals surface area contributed by atoms with E-state index in [1.54, 1.807) is 10.9 Å². The summed E-state index contributed by atoms with van der Waals surface area (Å²) in [5, 5.41) is 16.8. The highest BCUT2D eigenvalue weighted by Gasteiger charge is 2.35. The van der Waals surface area contributed by atoms with E-state index in [0.29, 0.717) is 23.9 Å². The van der Waals surface area contributed by atoms with Gasteiger partial charge in [-0.15, -0.1) is 5.10 Å². The Balaban J connectivity index is 0.000000574. The first kappa shape index (κ1) is 24.0. The number of anilines is 2. The predicted molar refractivity (Wildman–Crippen MR) is 123 cm³/mol. The Kier molecular flexibility index (Phi) is 8.53. The zero-order valence-electron chi connectivity index (χ0n) is 18.4. The van der Waals surface area contributed by atoms with E-state index in [1.807, 2.05) is 6.07 Å². The third-order valence-electron chi connectivity index (χ3n) is 5.53. The molecular formula is C23H39N5O2. The lowest BCUT2D eigenvalue weighted by Crippen LogP contribution is -2.47. The van der Waals surface area contributed by atoms with Gasteiger partial charge in [0.25, 0.3) is 0 Å². The normalized spacial score (nSPS) is 17.3. The minimum Gasteiger partial charge on any atom is -0.471 e. The minimum absolute atomic E-state index is 0. The van der Waals surface area contributed by atoms with Crippen molar-refractivity contribution < 1.29 is 9.84 Å². The molecule has 2 aliphatic rings. The van der Waals surface area contributed by atoms with Crippen LogP contribution in [-0.2, 0) is 13.3 Å². The Labute approximate surface area is 181 Å². The highest BCUT2D eigenvalue weighted by atomic mass is 16.5. The van der Waals surface area contributed by atoms with E-state index in [0.717, 1.165) is 5.75 Å². The maximum absolute atomic E-state index is 9.05. The van der Waals surface area contributed by atoms with E-state index in [-0.39, 0.29) is 20.8 Å². The molecule has 7 nitrogen and oxygen atoms in total. The molecule has 2 heterocycles. The second kappa shape index (κ2) is 10.7. The number of benzene rings is 1. The number of rotatable bonds is 6. The van der Waals surface area contributed by atoms with Crippen LogP contribution in [0.15, 0.2) is 24.4 Å². The first-order valence-electron chi connectivity index (χ1n) is 10.8. The van der Waals surface area contributed by atoms with E-state index >= 15 is 0 Å². The summed E-state index contributed by atoms with van der Waals surface area (Å²) in [6.45, 7) is 11.2. The summed E-state index contributed by atoms with van der Waals surface area (Å²) in [6, 6.07) is 7.04. The molecule has 1 unspecified atom stereocenters. The highest BCUT2D eigenvalue weighted by molar-refractivity contribution is 5.79. The largest absolute Gasteiger partial charge is 0.471 e. The highest BCUT2D eigenvalue weighted by Crippen LogP contribution is 2.43. The zero-order chi connectivity index (χ0) is 21.0. The van der Waals surface area contributed by atoms with Crippen molar-refractivity contribution in [2.45, 2.75) is 99.3 Å². The van der Waals surface area contributed by atoms with Crippen molar-refractivity contribution in [2.24, 2.45) is 0 Å². The molecule has 1 aromatic carbocycles. The van der Waals surface area contributed by atoms with Crippen LogP contribution < -0.4 is 14.5 Å². The predicted octanol–water partition coefficient (Wildman–Crippen LogP) is 4.79. The molecule has 7 heteroatoms. The van der Waals surface area contributed by atoms with Crippen molar-refractivity contribution in [1.29, 1.82) is 0 Å². The van der Waals surface area contributed by atoms with Gasteiger partial charge in [-0.1, -0.05) is 38.3 Å². The minimum atomic E-state index is -0.120. The molecule has 1 saturated carbocycles. The standard InChI is InChI=1S/C18H27N5O2.C4H8.CH4/c1-12(2)22-14(5)23(13(3)4)18-8-16(6-7-17(18)22)25-11-21-9-15(10-24)19-20-21;1-2-4-3-1;/h6-9,12-14,24H,10-11H2,1-5H3;1-4H2;1H4. The first-order valence-corrected chi connectivity index (χ1v) is 10.8. The van der Waals surface area contributed by atoms with Gasteiger partial charge in [-0.2, -0.15) is 0 Å². The lowest BCUT2D eigenvalue weighted by molar-refractivity contribution is 0.218. The van der Waals surface area contributed by atoms with Crippen LogP contribution in [-0.4, -0.2) is 38.3 Å². The van der Waals surface area contributed by atoms with Crippen LogP contribution in [0.5, 0.6) is 5.75 Å². The number of fused-ring (bicyclic) bond motifs is 1. The lowest BCUT2D eigenvalue weighted by Gasteiger charge is -2.35. The lowest BCUT2D eigenvalue weighted by atomic mass is 10.0. The molecule has 0 bridgehead atoms. The van der Waals surface area contributed by atoms with E-state index in [1.165, 1.54) is 37.1 Å². The molecule has 1 fully saturated rings. The third-order valence-corrected chi connectivity index (χ3v) is 5.53. The van der Waals surface area contributed by atoms with Crippen molar-refractivity contribution in [1.82, 2.24) is 15.0 Å². The average molecular weight is 418 g/mol. The van der Waals surface area contributed by atoms with Gasteiger partial charge < -0.3 is 19.6 Å². The molecule has 168 valence electrons.